The zero-order valence-corrected chi connectivity index (χ0v) is 14.5. The molecule has 0 fully saturated rings. The van der Waals surface area contributed by atoms with Gasteiger partial charge in [-0.1, -0.05) is 48.0 Å². The van der Waals surface area contributed by atoms with Gasteiger partial charge in [-0.15, -0.1) is 11.3 Å². The van der Waals surface area contributed by atoms with Crippen molar-refractivity contribution in [1.29, 1.82) is 0 Å². The van der Waals surface area contributed by atoms with Crippen LogP contribution in [0.15, 0.2) is 52.3 Å². The smallest absolute Gasteiger partial charge is 0.123 e. The Balaban J connectivity index is 1.85. The number of fused-ring (bicyclic) bond motifs is 1. The molecule has 1 aromatic heterocycles. The highest BCUT2D eigenvalue weighted by atomic mass is 79.9. The second-order valence-electron chi connectivity index (χ2n) is 5.38. The van der Waals surface area contributed by atoms with Gasteiger partial charge in [0.2, 0.25) is 0 Å². The quantitative estimate of drug-likeness (QED) is 0.525. The molecule has 0 atom stereocenters. The van der Waals surface area contributed by atoms with Crippen LogP contribution in [-0.2, 0) is 6.61 Å². The topological polar surface area (TPSA) is 9.23 Å². The van der Waals surface area contributed by atoms with Gasteiger partial charge in [0.1, 0.15) is 12.4 Å². The molecular formula is C18H17BrOS. The molecule has 0 bridgehead atoms. The van der Waals surface area contributed by atoms with E-state index in [1.807, 2.05) is 12.1 Å². The molecule has 3 heteroatoms. The molecule has 108 valence electrons. The summed E-state index contributed by atoms with van der Waals surface area (Å²) in [6, 6.07) is 14.7. The number of hydrogen-bond acceptors (Lipinski definition) is 2. The zero-order chi connectivity index (χ0) is 14.8. The SMILES string of the molecule is CC(C)c1cc(Br)ccc1OCc1csc2ccccc12. The van der Waals surface area contributed by atoms with Crippen LogP contribution < -0.4 is 4.74 Å². The maximum Gasteiger partial charge on any atom is 0.123 e. The second-order valence-corrected chi connectivity index (χ2v) is 7.21. The Kier molecular flexibility index (Phi) is 4.32. The summed E-state index contributed by atoms with van der Waals surface area (Å²) in [5.41, 5.74) is 2.50. The Morgan fingerprint density at radius 1 is 1.14 bits per heavy atom. The predicted molar refractivity (Wildman–Crippen MR) is 94.4 cm³/mol. The van der Waals surface area contributed by atoms with E-state index in [9.17, 15) is 0 Å². The van der Waals surface area contributed by atoms with Crippen LogP contribution in [0.4, 0.5) is 0 Å². The number of ether oxygens (including phenoxy) is 1. The van der Waals surface area contributed by atoms with Crippen LogP contribution in [0.3, 0.4) is 0 Å². The molecule has 0 saturated carbocycles. The lowest BCUT2D eigenvalue weighted by atomic mass is 10.0. The maximum absolute atomic E-state index is 6.09. The van der Waals surface area contributed by atoms with Crippen LogP contribution in [-0.4, -0.2) is 0 Å². The van der Waals surface area contributed by atoms with Crippen LogP contribution >= 0.6 is 27.3 Å². The minimum absolute atomic E-state index is 0.441. The van der Waals surface area contributed by atoms with Gasteiger partial charge < -0.3 is 4.74 Å². The third-order valence-corrected chi connectivity index (χ3v) is 5.04. The Morgan fingerprint density at radius 2 is 1.95 bits per heavy atom. The highest BCUT2D eigenvalue weighted by Gasteiger charge is 2.10. The minimum Gasteiger partial charge on any atom is -0.489 e. The average Bonchev–Trinajstić information content (AvgIpc) is 2.89. The first-order valence-electron chi connectivity index (χ1n) is 7.02. The van der Waals surface area contributed by atoms with Gasteiger partial charge in [-0.2, -0.15) is 0 Å². The van der Waals surface area contributed by atoms with Gasteiger partial charge in [0, 0.05) is 14.7 Å². The van der Waals surface area contributed by atoms with Crippen molar-refractivity contribution in [2.45, 2.75) is 26.4 Å². The highest BCUT2D eigenvalue weighted by Crippen LogP contribution is 2.31. The summed E-state index contributed by atoms with van der Waals surface area (Å²) in [7, 11) is 0. The molecule has 1 heterocycles. The van der Waals surface area contributed by atoms with E-state index in [1.54, 1.807) is 11.3 Å². The number of benzene rings is 2. The lowest BCUT2D eigenvalue weighted by molar-refractivity contribution is 0.303. The van der Waals surface area contributed by atoms with Crippen LogP contribution in [0.2, 0.25) is 0 Å². The number of halogens is 1. The van der Waals surface area contributed by atoms with Gasteiger partial charge in [0.15, 0.2) is 0 Å². The van der Waals surface area contributed by atoms with Crippen molar-refractivity contribution in [3.8, 4) is 5.75 Å². The summed E-state index contributed by atoms with van der Waals surface area (Å²) in [5, 5.41) is 3.49. The lowest BCUT2D eigenvalue weighted by Crippen LogP contribution is -1.99. The highest BCUT2D eigenvalue weighted by molar-refractivity contribution is 9.10. The van der Waals surface area contributed by atoms with Crippen molar-refractivity contribution in [1.82, 2.24) is 0 Å². The first kappa shape index (κ1) is 14.6. The fourth-order valence-corrected chi connectivity index (χ4v) is 3.73. The number of hydrogen-bond donors (Lipinski definition) is 0. The van der Waals surface area contributed by atoms with Crippen molar-refractivity contribution in [2.24, 2.45) is 0 Å². The van der Waals surface area contributed by atoms with Gasteiger partial charge in [0.25, 0.3) is 0 Å². The lowest BCUT2D eigenvalue weighted by Gasteiger charge is -2.14. The summed E-state index contributed by atoms with van der Waals surface area (Å²) >= 11 is 5.31. The predicted octanol–water partition coefficient (Wildman–Crippen LogP) is 6.37. The van der Waals surface area contributed by atoms with Crippen LogP contribution in [0.5, 0.6) is 5.75 Å². The minimum atomic E-state index is 0.441. The van der Waals surface area contributed by atoms with E-state index in [0.717, 1.165) is 10.2 Å². The van der Waals surface area contributed by atoms with E-state index in [0.29, 0.717) is 12.5 Å². The van der Waals surface area contributed by atoms with Crippen LogP contribution in [0, 0.1) is 0 Å². The largest absolute Gasteiger partial charge is 0.489 e. The van der Waals surface area contributed by atoms with Crippen molar-refractivity contribution < 1.29 is 4.74 Å². The summed E-state index contributed by atoms with van der Waals surface area (Å²) in [6.45, 7) is 4.99. The molecule has 0 unspecified atom stereocenters. The summed E-state index contributed by atoms with van der Waals surface area (Å²) in [5.74, 6) is 1.42. The van der Waals surface area contributed by atoms with E-state index in [2.05, 4.69) is 65.5 Å². The van der Waals surface area contributed by atoms with E-state index in [4.69, 9.17) is 4.74 Å². The third-order valence-electron chi connectivity index (χ3n) is 3.54. The van der Waals surface area contributed by atoms with Gasteiger partial charge in [0.05, 0.1) is 0 Å². The molecule has 0 amide bonds. The van der Waals surface area contributed by atoms with Gasteiger partial charge in [-0.05, 0) is 46.5 Å². The van der Waals surface area contributed by atoms with Gasteiger partial charge in [-0.3, -0.25) is 0 Å². The fourth-order valence-electron chi connectivity index (χ4n) is 2.40. The molecule has 3 aromatic rings. The number of rotatable bonds is 4. The van der Waals surface area contributed by atoms with Crippen molar-refractivity contribution in [2.75, 3.05) is 0 Å². The maximum atomic E-state index is 6.09. The Hall–Kier alpha value is -1.32. The molecule has 0 aliphatic heterocycles. The molecule has 0 radical (unpaired) electrons. The molecule has 0 spiro atoms. The summed E-state index contributed by atoms with van der Waals surface area (Å²) in [6.07, 6.45) is 0. The van der Waals surface area contributed by atoms with E-state index in [-0.39, 0.29) is 0 Å². The fraction of sp³-hybridized carbons (Fsp3) is 0.222. The van der Waals surface area contributed by atoms with Crippen LogP contribution in [0.25, 0.3) is 10.1 Å². The zero-order valence-electron chi connectivity index (χ0n) is 12.1. The Morgan fingerprint density at radius 3 is 2.76 bits per heavy atom. The number of thiophene rings is 1. The molecule has 21 heavy (non-hydrogen) atoms. The molecule has 0 saturated heterocycles. The molecule has 0 aliphatic rings. The van der Waals surface area contributed by atoms with Gasteiger partial charge in [-0.25, -0.2) is 0 Å². The normalized spacial score (nSPS) is 11.2. The van der Waals surface area contributed by atoms with E-state index >= 15 is 0 Å². The Labute approximate surface area is 137 Å². The van der Waals surface area contributed by atoms with Crippen molar-refractivity contribution in [3.05, 3.63) is 63.4 Å². The molecule has 0 aliphatic carbocycles. The molecule has 3 rings (SSSR count). The van der Waals surface area contributed by atoms with Crippen molar-refractivity contribution in [3.63, 3.8) is 0 Å². The second kappa shape index (κ2) is 6.20. The Bertz CT molecular complexity index is 761. The van der Waals surface area contributed by atoms with Gasteiger partial charge >= 0.3 is 0 Å². The first-order valence-corrected chi connectivity index (χ1v) is 8.70. The molecule has 0 N–H and O–H groups in total. The molecule has 1 nitrogen and oxygen atoms in total. The average molecular weight is 361 g/mol. The van der Waals surface area contributed by atoms with E-state index in [1.165, 1.54) is 21.2 Å². The standard InChI is InChI=1S/C18H17BrOS/c1-12(2)16-9-14(19)7-8-17(16)20-10-13-11-21-18-6-4-3-5-15(13)18/h3-9,11-12H,10H2,1-2H3. The molecular weight excluding hydrogens is 344 g/mol. The van der Waals surface area contributed by atoms with Crippen molar-refractivity contribution >= 4 is 37.4 Å². The summed E-state index contributed by atoms with van der Waals surface area (Å²) in [4.78, 5) is 0. The van der Waals surface area contributed by atoms with E-state index < -0.39 is 0 Å². The third kappa shape index (κ3) is 3.14. The van der Waals surface area contributed by atoms with Crippen LogP contribution in [0.1, 0.15) is 30.9 Å². The molecule has 2 aromatic carbocycles. The monoisotopic (exact) mass is 360 g/mol. The summed E-state index contributed by atoms with van der Waals surface area (Å²) < 4.78 is 8.50. The first-order chi connectivity index (χ1) is 10.1.